The summed E-state index contributed by atoms with van der Waals surface area (Å²) in [4.78, 5) is 5.22. The first kappa shape index (κ1) is 13.5. The molecule has 1 N–H and O–H groups in total. The molecule has 1 aromatic heterocycles. The molecule has 0 bridgehead atoms. The van der Waals surface area contributed by atoms with Gasteiger partial charge in [0.1, 0.15) is 11.7 Å². The van der Waals surface area contributed by atoms with Crippen LogP contribution in [0.2, 0.25) is 5.15 Å². The van der Waals surface area contributed by atoms with Crippen LogP contribution in [0.25, 0.3) is 0 Å². The molecule has 1 heterocycles. The molecule has 0 fully saturated rings. The van der Waals surface area contributed by atoms with E-state index in [0.717, 1.165) is 16.2 Å². The molecule has 92 valence electrons. The molecule has 0 aliphatic carbocycles. The van der Waals surface area contributed by atoms with Gasteiger partial charge < -0.3 is 10.0 Å². The highest BCUT2D eigenvalue weighted by atomic mass is 35.5. The Morgan fingerprint density at radius 3 is 2.50 bits per heavy atom. The molecule has 0 amide bonds. The van der Waals surface area contributed by atoms with E-state index in [1.54, 1.807) is 6.92 Å². The van der Waals surface area contributed by atoms with Gasteiger partial charge in [0.2, 0.25) is 0 Å². The number of alkyl halides is 3. The summed E-state index contributed by atoms with van der Waals surface area (Å²) >= 11 is 6.61. The largest absolute Gasteiger partial charge is 0.406 e. The predicted octanol–water partition coefficient (Wildman–Crippen LogP) is 2.68. The summed E-state index contributed by atoms with van der Waals surface area (Å²) in [5, 5.41) is 9.10. The van der Waals surface area contributed by atoms with E-state index < -0.39 is 12.7 Å². The molecule has 8 heteroatoms. The number of anilines is 1. The SMILES string of the molecule is CCN(CC(F)(F)F)c1nc(Cl)c(CO)s1. The molecule has 0 aromatic carbocycles. The van der Waals surface area contributed by atoms with Crippen molar-refractivity contribution in [1.29, 1.82) is 0 Å². The number of rotatable bonds is 4. The first-order chi connectivity index (χ1) is 7.37. The third kappa shape index (κ3) is 3.50. The normalized spacial score (nSPS) is 11.9. The zero-order valence-corrected chi connectivity index (χ0v) is 9.96. The Hall–Kier alpha value is -0.530. The van der Waals surface area contributed by atoms with Gasteiger partial charge in [-0.1, -0.05) is 22.9 Å². The lowest BCUT2D eigenvalue weighted by Gasteiger charge is -2.20. The molecule has 0 atom stereocenters. The van der Waals surface area contributed by atoms with Gasteiger partial charge in [0, 0.05) is 6.54 Å². The Bertz CT molecular complexity index is 356. The highest BCUT2D eigenvalue weighted by Gasteiger charge is 2.31. The summed E-state index contributed by atoms with van der Waals surface area (Å²) in [5.41, 5.74) is 0. The summed E-state index contributed by atoms with van der Waals surface area (Å²) in [6.45, 7) is 0.381. The Balaban J connectivity index is 2.87. The summed E-state index contributed by atoms with van der Waals surface area (Å²) in [7, 11) is 0. The highest BCUT2D eigenvalue weighted by Crippen LogP contribution is 2.31. The van der Waals surface area contributed by atoms with Crippen molar-refractivity contribution in [1.82, 2.24) is 4.98 Å². The molecule has 0 saturated carbocycles. The number of aliphatic hydroxyl groups is 1. The van der Waals surface area contributed by atoms with Crippen LogP contribution in [0.4, 0.5) is 18.3 Å². The number of thiazole rings is 1. The van der Waals surface area contributed by atoms with Gasteiger partial charge in [0.05, 0.1) is 11.5 Å². The smallest absolute Gasteiger partial charge is 0.391 e. The van der Waals surface area contributed by atoms with Crippen LogP contribution in [0.1, 0.15) is 11.8 Å². The van der Waals surface area contributed by atoms with Crippen molar-refractivity contribution in [3.05, 3.63) is 10.0 Å². The quantitative estimate of drug-likeness (QED) is 0.917. The average Bonchev–Trinajstić information content (AvgIpc) is 2.54. The third-order valence-corrected chi connectivity index (χ3v) is 3.33. The second-order valence-corrected chi connectivity index (χ2v) is 4.42. The third-order valence-electron chi connectivity index (χ3n) is 1.80. The van der Waals surface area contributed by atoms with E-state index in [4.69, 9.17) is 16.7 Å². The van der Waals surface area contributed by atoms with Crippen molar-refractivity contribution in [2.75, 3.05) is 18.0 Å². The maximum Gasteiger partial charge on any atom is 0.406 e. The van der Waals surface area contributed by atoms with Gasteiger partial charge in [0.15, 0.2) is 5.13 Å². The topological polar surface area (TPSA) is 36.4 Å². The van der Waals surface area contributed by atoms with Crippen LogP contribution in [-0.4, -0.2) is 29.4 Å². The van der Waals surface area contributed by atoms with E-state index in [2.05, 4.69) is 4.98 Å². The molecule has 16 heavy (non-hydrogen) atoms. The van der Waals surface area contributed by atoms with Crippen molar-refractivity contribution in [2.24, 2.45) is 0 Å². The van der Waals surface area contributed by atoms with E-state index in [1.807, 2.05) is 0 Å². The van der Waals surface area contributed by atoms with Gasteiger partial charge in [0.25, 0.3) is 0 Å². The zero-order chi connectivity index (χ0) is 12.3. The van der Waals surface area contributed by atoms with Crippen LogP contribution in [0.3, 0.4) is 0 Å². The van der Waals surface area contributed by atoms with Crippen LogP contribution in [0.5, 0.6) is 0 Å². The van der Waals surface area contributed by atoms with Gasteiger partial charge in [-0.25, -0.2) is 4.98 Å². The van der Waals surface area contributed by atoms with Crippen molar-refractivity contribution >= 4 is 28.1 Å². The van der Waals surface area contributed by atoms with Crippen LogP contribution in [0, 0.1) is 0 Å². The fourth-order valence-electron chi connectivity index (χ4n) is 1.09. The van der Waals surface area contributed by atoms with Crippen molar-refractivity contribution in [3.63, 3.8) is 0 Å². The molecule has 0 saturated heterocycles. The second-order valence-electron chi connectivity index (χ2n) is 3.00. The minimum atomic E-state index is -4.28. The molecule has 1 rings (SSSR count). The Morgan fingerprint density at radius 2 is 2.12 bits per heavy atom. The van der Waals surface area contributed by atoms with Gasteiger partial charge in [-0.3, -0.25) is 0 Å². The lowest BCUT2D eigenvalue weighted by atomic mass is 10.5. The Labute approximate surface area is 99.5 Å². The van der Waals surface area contributed by atoms with Crippen LogP contribution in [-0.2, 0) is 6.61 Å². The van der Waals surface area contributed by atoms with Crippen molar-refractivity contribution < 1.29 is 18.3 Å². The molecule has 0 radical (unpaired) electrons. The standard InChI is InChI=1S/C8H10ClF3N2OS/c1-2-14(4-8(10,11)12)7-13-6(9)5(3-15)16-7/h15H,2-4H2,1H3. The van der Waals surface area contributed by atoms with Gasteiger partial charge in [-0.05, 0) is 6.92 Å². The molecule has 3 nitrogen and oxygen atoms in total. The fourth-order valence-corrected chi connectivity index (χ4v) is 2.27. The average molecular weight is 275 g/mol. The maximum atomic E-state index is 12.2. The molecular formula is C8H10ClF3N2OS. The summed E-state index contributed by atoms with van der Waals surface area (Å²) in [6, 6.07) is 0. The fraction of sp³-hybridized carbons (Fsp3) is 0.625. The number of hydrogen-bond donors (Lipinski definition) is 1. The van der Waals surface area contributed by atoms with E-state index >= 15 is 0 Å². The lowest BCUT2D eigenvalue weighted by molar-refractivity contribution is -0.119. The monoisotopic (exact) mass is 274 g/mol. The minimum Gasteiger partial charge on any atom is -0.391 e. The number of nitrogens with zero attached hydrogens (tertiary/aromatic N) is 2. The van der Waals surface area contributed by atoms with Crippen LogP contribution in [0.15, 0.2) is 0 Å². The first-order valence-electron chi connectivity index (χ1n) is 4.45. The van der Waals surface area contributed by atoms with Gasteiger partial charge in [-0.15, -0.1) is 0 Å². The van der Waals surface area contributed by atoms with E-state index in [0.29, 0.717) is 4.88 Å². The van der Waals surface area contributed by atoms with E-state index in [9.17, 15) is 13.2 Å². The van der Waals surface area contributed by atoms with Crippen molar-refractivity contribution in [3.8, 4) is 0 Å². The van der Waals surface area contributed by atoms with Crippen LogP contribution < -0.4 is 4.90 Å². The van der Waals surface area contributed by atoms with Gasteiger partial charge in [-0.2, -0.15) is 13.2 Å². The lowest BCUT2D eigenvalue weighted by Crippen LogP contribution is -2.33. The van der Waals surface area contributed by atoms with E-state index in [-0.39, 0.29) is 23.4 Å². The molecule has 0 aliphatic heterocycles. The maximum absolute atomic E-state index is 12.2. The number of halogens is 4. The van der Waals surface area contributed by atoms with Crippen molar-refractivity contribution in [2.45, 2.75) is 19.7 Å². The molecule has 1 aromatic rings. The van der Waals surface area contributed by atoms with E-state index in [1.165, 1.54) is 0 Å². The predicted molar refractivity (Wildman–Crippen MR) is 57.0 cm³/mol. The summed E-state index contributed by atoms with van der Waals surface area (Å²) < 4.78 is 36.7. The Kier molecular flexibility index (Phi) is 4.40. The van der Waals surface area contributed by atoms with Gasteiger partial charge >= 0.3 is 6.18 Å². The second kappa shape index (κ2) is 5.20. The van der Waals surface area contributed by atoms with Crippen LogP contribution >= 0.6 is 22.9 Å². The Morgan fingerprint density at radius 1 is 1.50 bits per heavy atom. The first-order valence-corrected chi connectivity index (χ1v) is 5.64. The minimum absolute atomic E-state index is 0.0584. The molecule has 0 unspecified atom stereocenters. The summed E-state index contributed by atoms with van der Waals surface area (Å²) in [6.07, 6.45) is -4.28. The summed E-state index contributed by atoms with van der Waals surface area (Å²) in [5.74, 6) is 0. The molecule has 0 aliphatic rings. The highest BCUT2D eigenvalue weighted by molar-refractivity contribution is 7.16. The number of aromatic nitrogens is 1. The zero-order valence-electron chi connectivity index (χ0n) is 8.38. The molecule has 0 spiro atoms. The number of aliphatic hydroxyl groups excluding tert-OH is 1. The number of hydrogen-bond acceptors (Lipinski definition) is 4. The molecular weight excluding hydrogens is 265 g/mol.